The van der Waals surface area contributed by atoms with Crippen LogP contribution in [0.3, 0.4) is 0 Å². The molecule has 0 amide bonds. The molecule has 2 rings (SSSR count). The van der Waals surface area contributed by atoms with Crippen molar-refractivity contribution in [2.24, 2.45) is 14.1 Å². The zero-order valence-electron chi connectivity index (χ0n) is 11.9. The highest BCUT2D eigenvalue weighted by Gasteiger charge is 2.30. The van der Waals surface area contributed by atoms with E-state index >= 15 is 0 Å². The number of sulfonamides is 1. The molecule has 1 aromatic heterocycles. The van der Waals surface area contributed by atoms with Crippen LogP contribution < -0.4 is 16.0 Å². The number of rotatable bonds is 3. The Morgan fingerprint density at radius 2 is 1.86 bits per heavy atom. The number of aliphatic hydroxyl groups excluding tert-OH is 1. The topological polar surface area (TPSA) is 110 Å². The van der Waals surface area contributed by atoms with E-state index in [0.717, 1.165) is 28.2 Å². The average molecular weight is 317 g/mol. The van der Waals surface area contributed by atoms with Crippen LogP contribution in [0.5, 0.6) is 0 Å². The summed E-state index contributed by atoms with van der Waals surface area (Å²) < 4.78 is 28.8. The predicted molar refractivity (Wildman–Crippen MR) is 75.5 cm³/mol. The number of hydrogen-bond acceptors (Lipinski definition) is 5. The van der Waals surface area contributed by atoms with Crippen molar-refractivity contribution in [3.63, 3.8) is 0 Å². The van der Waals surface area contributed by atoms with Gasteiger partial charge in [0.15, 0.2) is 4.90 Å². The van der Waals surface area contributed by atoms with E-state index in [9.17, 15) is 23.1 Å². The van der Waals surface area contributed by atoms with E-state index in [-0.39, 0.29) is 0 Å². The summed E-state index contributed by atoms with van der Waals surface area (Å²) in [6, 6.07) is -0.606. The second-order valence-corrected chi connectivity index (χ2v) is 7.01. The van der Waals surface area contributed by atoms with Crippen LogP contribution in [0.15, 0.2) is 20.7 Å². The second kappa shape index (κ2) is 5.74. The number of nitrogens with one attached hydrogen (secondary N) is 1. The molecule has 8 nitrogen and oxygen atoms in total. The van der Waals surface area contributed by atoms with Gasteiger partial charge in [-0.05, 0) is 12.8 Å². The standard InChI is InChI=1S/C12H19N3O5S/c1-14-7-10(11(17)15(2)12(14)18)21(19,20)13-8-5-3-4-6-9(8)16/h7-9,13,16H,3-6H2,1-2H3/t8-,9-/m0/s1. The van der Waals surface area contributed by atoms with Gasteiger partial charge in [-0.25, -0.2) is 17.9 Å². The summed E-state index contributed by atoms with van der Waals surface area (Å²) >= 11 is 0. The molecule has 1 aliphatic rings. The Labute approximate surface area is 122 Å². The Morgan fingerprint density at radius 3 is 2.48 bits per heavy atom. The van der Waals surface area contributed by atoms with Crippen LogP contribution in [0.1, 0.15) is 25.7 Å². The van der Waals surface area contributed by atoms with Crippen LogP contribution >= 0.6 is 0 Å². The van der Waals surface area contributed by atoms with Gasteiger partial charge in [0.05, 0.1) is 6.10 Å². The van der Waals surface area contributed by atoms with Crippen molar-refractivity contribution in [3.8, 4) is 0 Å². The minimum absolute atomic E-state index is 0.495. The van der Waals surface area contributed by atoms with Crippen molar-refractivity contribution in [2.45, 2.75) is 42.7 Å². The molecule has 1 aromatic rings. The van der Waals surface area contributed by atoms with Crippen LogP contribution in [0.4, 0.5) is 0 Å². The summed E-state index contributed by atoms with van der Waals surface area (Å²) in [6.45, 7) is 0. The van der Waals surface area contributed by atoms with Gasteiger partial charge in [-0.15, -0.1) is 0 Å². The predicted octanol–water partition coefficient (Wildman–Crippen LogP) is -1.33. The fourth-order valence-electron chi connectivity index (χ4n) is 2.47. The van der Waals surface area contributed by atoms with Gasteiger partial charge in [0.25, 0.3) is 5.56 Å². The van der Waals surface area contributed by atoms with E-state index < -0.39 is 38.3 Å². The van der Waals surface area contributed by atoms with E-state index in [0.29, 0.717) is 12.8 Å². The molecule has 9 heteroatoms. The maximum atomic E-state index is 12.3. The lowest BCUT2D eigenvalue weighted by Gasteiger charge is -2.27. The van der Waals surface area contributed by atoms with Crippen LogP contribution in [0, 0.1) is 0 Å². The monoisotopic (exact) mass is 317 g/mol. The number of aromatic nitrogens is 2. The van der Waals surface area contributed by atoms with Gasteiger partial charge in [-0.2, -0.15) is 0 Å². The SMILES string of the molecule is Cn1cc(S(=O)(=O)N[C@H]2CCCC[C@@H]2O)c(=O)n(C)c1=O. The summed E-state index contributed by atoms with van der Waals surface area (Å²) in [4.78, 5) is 23.1. The molecule has 0 aliphatic heterocycles. The molecule has 0 radical (unpaired) electrons. The van der Waals surface area contributed by atoms with E-state index in [2.05, 4.69) is 4.72 Å². The van der Waals surface area contributed by atoms with Crippen molar-refractivity contribution in [1.29, 1.82) is 0 Å². The molecule has 118 valence electrons. The second-order valence-electron chi connectivity index (χ2n) is 5.33. The van der Waals surface area contributed by atoms with Crippen molar-refractivity contribution in [3.05, 3.63) is 27.0 Å². The lowest BCUT2D eigenvalue weighted by Crippen LogP contribution is -2.48. The molecule has 1 aliphatic carbocycles. The van der Waals surface area contributed by atoms with Gasteiger partial charge in [0, 0.05) is 26.3 Å². The molecule has 0 unspecified atom stereocenters. The number of aliphatic hydroxyl groups is 1. The Bertz CT molecular complexity index is 749. The summed E-state index contributed by atoms with van der Waals surface area (Å²) in [6.07, 6.45) is 2.95. The summed E-state index contributed by atoms with van der Waals surface area (Å²) in [5, 5.41) is 9.84. The molecule has 2 atom stereocenters. The van der Waals surface area contributed by atoms with E-state index in [1.54, 1.807) is 0 Å². The van der Waals surface area contributed by atoms with Gasteiger partial charge in [0.1, 0.15) is 0 Å². The number of hydrogen-bond donors (Lipinski definition) is 2. The van der Waals surface area contributed by atoms with Gasteiger partial charge >= 0.3 is 5.69 Å². The van der Waals surface area contributed by atoms with Gasteiger partial charge in [-0.1, -0.05) is 12.8 Å². The first-order chi connectivity index (χ1) is 9.74. The highest BCUT2D eigenvalue weighted by molar-refractivity contribution is 7.89. The first-order valence-corrected chi connectivity index (χ1v) is 8.19. The molecule has 0 aromatic carbocycles. The molecule has 0 bridgehead atoms. The number of nitrogens with zero attached hydrogens (tertiary/aromatic N) is 2. The molecule has 1 heterocycles. The third-order valence-corrected chi connectivity index (χ3v) is 5.21. The highest BCUT2D eigenvalue weighted by atomic mass is 32.2. The van der Waals surface area contributed by atoms with Crippen molar-refractivity contribution in [1.82, 2.24) is 13.9 Å². The Balaban J connectivity index is 2.41. The van der Waals surface area contributed by atoms with E-state index in [4.69, 9.17) is 0 Å². The largest absolute Gasteiger partial charge is 0.391 e. The molecular weight excluding hydrogens is 298 g/mol. The van der Waals surface area contributed by atoms with Gasteiger partial charge in [-0.3, -0.25) is 9.36 Å². The fraction of sp³-hybridized carbons (Fsp3) is 0.667. The van der Waals surface area contributed by atoms with Gasteiger partial charge in [0.2, 0.25) is 10.0 Å². The first-order valence-electron chi connectivity index (χ1n) is 6.71. The Morgan fingerprint density at radius 1 is 1.24 bits per heavy atom. The van der Waals surface area contributed by atoms with Crippen molar-refractivity contribution >= 4 is 10.0 Å². The van der Waals surface area contributed by atoms with Crippen LogP contribution in [-0.2, 0) is 24.1 Å². The zero-order valence-corrected chi connectivity index (χ0v) is 12.8. The fourth-order valence-corrected chi connectivity index (χ4v) is 3.94. The van der Waals surface area contributed by atoms with Crippen molar-refractivity contribution < 1.29 is 13.5 Å². The minimum Gasteiger partial charge on any atom is -0.391 e. The Kier molecular flexibility index (Phi) is 4.35. The molecule has 0 saturated heterocycles. The normalized spacial score (nSPS) is 23.2. The maximum Gasteiger partial charge on any atom is 0.330 e. The third kappa shape index (κ3) is 3.09. The number of aryl methyl sites for hydroxylation is 1. The van der Waals surface area contributed by atoms with Gasteiger partial charge < -0.3 is 9.67 Å². The molecule has 1 saturated carbocycles. The summed E-state index contributed by atoms with van der Waals surface area (Å²) in [5.74, 6) is 0. The average Bonchev–Trinajstić information content (AvgIpc) is 2.42. The molecule has 0 spiro atoms. The third-order valence-electron chi connectivity index (χ3n) is 3.74. The summed E-state index contributed by atoms with van der Waals surface area (Å²) in [5.41, 5.74) is -1.48. The lowest BCUT2D eigenvalue weighted by molar-refractivity contribution is 0.101. The molecule has 2 N–H and O–H groups in total. The van der Waals surface area contributed by atoms with Crippen LogP contribution in [-0.4, -0.2) is 34.8 Å². The molecule has 1 fully saturated rings. The molecular formula is C12H19N3O5S. The maximum absolute atomic E-state index is 12.3. The first kappa shape index (κ1) is 15.9. The molecule has 21 heavy (non-hydrogen) atoms. The van der Waals surface area contributed by atoms with Crippen molar-refractivity contribution in [2.75, 3.05) is 0 Å². The van der Waals surface area contributed by atoms with E-state index in [1.807, 2.05) is 0 Å². The smallest absolute Gasteiger partial charge is 0.330 e. The quantitative estimate of drug-likeness (QED) is 0.717. The lowest BCUT2D eigenvalue weighted by atomic mass is 9.93. The zero-order chi connectivity index (χ0) is 15.8. The van der Waals surface area contributed by atoms with Crippen LogP contribution in [0.2, 0.25) is 0 Å². The van der Waals surface area contributed by atoms with E-state index in [1.165, 1.54) is 14.1 Å². The van der Waals surface area contributed by atoms with Crippen LogP contribution in [0.25, 0.3) is 0 Å². The highest BCUT2D eigenvalue weighted by Crippen LogP contribution is 2.19. The minimum atomic E-state index is -4.09. The summed E-state index contributed by atoms with van der Waals surface area (Å²) in [7, 11) is -1.50. The Hall–Kier alpha value is -1.45.